The number of ether oxygens (including phenoxy) is 1. The van der Waals surface area contributed by atoms with Crippen molar-refractivity contribution in [3.63, 3.8) is 0 Å². The maximum Gasteiger partial charge on any atom is 0.335 e. The summed E-state index contributed by atoms with van der Waals surface area (Å²) < 4.78 is 5.51. The Morgan fingerprint density at radius 3 is 2.52 bits per heavy atom. The molecule has 0 bridgehead atoms. The zero-order chi connectivity index (χ0) is 22.4. The van der Waals surface area contributed by atoms with Gasteiger partial charge in [-0.05, 0) is 60.0 Å². The Kier molecular flexibility index (Phi) is 7.15. The molecule has 0 spiro atoms. The molecule has 0 aromatic heterocycles. The molecule has 0 radical (unpaired) electrons. The lowest BCUT2D eigenvalue weighted by Gasteiger charge is -2.12. The van der Waals surface area contributed by atoms with E-state index in [1.165, 1.54) is 12.1 Å². The van der Waals surface area contributed by atoms with Crippen molar-refractivity contribution in [3.8, 4) is 22.6 Å². The van der Waals surface area contributed by atoms with Gasteiger partial charge in [0.05, 0.1) is 22.8 Å². The van der Waals surface area contributed by atoms with Gasteiger partial charge in [-0.3, -0.25) is 4.79 Å². The van der Waals surface area contributed by atoms with E-state index in [-0.39, 0.29) is 28.8 Å². The minimum Gasteiger partial charge on any atom is -0.508 e. The number of nitrogens with one attached hydrogen (secondary N) is 1. The molecule has 31 heavy (non-hydrogen) atoms. The van der Waals surface area contributed by atoms with E-state index in [0.29, 0.717) is 29.0 Å². The monoisotopic (exact) mass is 439 g/mol. The van der Waals surface area contributed by atoms with Gasteiger partial charge in [-0.25, -0.2) is 4.79 Å². The summed E-state index contributed by atoms with van der Waals surface area (Å²) in [6.07, 6.45) is 0.864. The third kappa shape index (κ3) is 5.55. The summed E-state index contributed by atoms with van der Waals surface area (Å²) in [5, 5.41) is 22.4. The smallest absolute Gasteiger partial charge is 0.335 e. The van der Waals surface area contributed by atoms with E-state index in [1.54, 1.807) is 48.5 Å². The van der Waals surface area contributed by atoms with Crippen LogP contribution in [0, 0.1) is 0 Å². The van der Waals surface area contributed by atoms with E-state index >= 15 is 0 Å². The van der Waals surface area contributed by atoms with Gasteiger partial charge in [0.2, 0.25) is 0 Å². The predicted octanol–water partition coefficient (Wildman–Crippen LogP) is 5.13. The van der Waals surface area contributed by atoms with Crippen LogP contribution in [-0.2, 0) is 6.54 Å². The number of carboxylic acids is 1. The number of halogens is 1. The van der Waals surface area contributed by atoms with Crippen LogP contribution in [0.25, 0.3) is 11.1 Å². The highest BCUT2D eigenvalue weighted by Gasteiger charge is 2.13. The Morgan fingerprint density at radius 1 is 1.03 bits per heavy atom. The molecule has 1 amide bonds. The largest absolute Gasteiger partial charge is 0.508 e. The summed E-state index contributed by atoms with van der Waals surface area (Å²) in [5.41, 5.74) is 2.38. The van der Waals surface area contributed by atoms with E-state index < -0.39 is 5.97 Å². The molecule has 0 aliphatic carbocycles. The van der Waals surface area contributed by atoms with Crippen LogP contribution in [0.15, 0.2) is 60.7 Å². The van der Waals surface area contributed by atoms with Crippen molar-refractivity contribution in [2.75, 3.05) is 6.61 Å². The Bertz CT molecular complexity index is 1110. The van der Waals surface area contributed by atoms with E-state index in [4.69, 9.17) is 16.3 Å². The fraction of sp³-hybridized carbons (Fsp3) is 0.167. The van der Waals surface area contributed by atoms with Crippen LogP contribution in [0.2, 0.25) is 5.02 Å². The summed E-state index contributed by atoms with van der Waals surface area (Å²) in [6.45, 7) is 2.63. The summed E-state index contributed by atoms with van der Waals surface area (Å²) in [5.74, 6) is -0.786. The lowest BCUT2D eigenvalue weighted by molar-refractivity contribution is 0.0696. The summed E-state index contributed by atoms with van der Waals surface area (Å²) in [7, 11) is 0. The van der Waals surface area contributed by atoms with Crippen LogP contribution in [-0.4, -0.2) is 28.7 Å². The third-order valence-corrected chi connectivity index (χ3v) is 4.93. The number of phenolic OH excluding ortho intramolecular Hbond substituents is 1. The van der Waals surface area contributed by atoms with Gasteiger partial charge in [0.1, 0.15) is 11.5 Å². The van der Waals surface area contributed by atoms with E-state index in [1.807, 2.05) is 6.92 Å². The second-order valence-corrected chi connectivity index (χ2v) is 7.31. The van der Waals surface area contributed by atoms with Crippen LogP contribution in [0.5, 0.6) is 11.5 Å². The minimum atomic E-state index is -1.02. The molecule has 0 unspecified atom stereocenters. The first-order valence-electron chi connectivity index (χ1n) is 9.75. The number of carboxylic acid groups (broad SMARTS) is 1. The van der Waals surface area contributed by atoms with E-state index in [0.717, 1.165) is 12.0 Å². The van der Waals surface area contributed by atoms with Crippen molar-refractivity contribution < 1.29 is 24.5 Å². The van der Waals surface area contributed by atoms with Gasteiger partial charge in [0, 0.05) is 12.1 Å². The van der Waals surface area contributed by atoms with Crippen LogP contribution in [0.3, 0.4) is 0 Å². The normalized spacial score (nSPS) is 10.5. The number of hydrogen-bond donors (Lipinski definition) is 3. The molecule has 0 saturated carbocycles. The first-order chi connectivity index (χ1) is 14.9. The van der Waals surface area contributed by atoms with Crippen molar-refractivity contribution in [1.82, 2.24) is 5.32 Å². The fourth-order valence-electron chi connectivity index (χ4n) is 3.00. The molecule has 6 nitrogen and oxygen atoms in total. The molecule has 3 aromatic carbocycles. The number of aromatic carboxylic acids is 1. The van der Waals surface area contributed by atoms with Crippen LogP contribution >= 0.6 is 11.6 Å². The SMILES string of the molecule is CCCOc1ccc(C(=O)NCc2cc(-c3cccc(C(=O)O)c3)ccc2O)c(Cl)c1. The summed E-state index contributed by atoms with van der Waals surface area (Å²) >= 11 is 6.22. The van der Waals surface area contributed by atoms with Gasteiger partial charge in [0.25, 0.3) is 5.91 Å². The second kappa shape index (κ2) is 10.00. The van der Waals surface area contributed by atoms with Crippen LogP contribution in [0.1, 0.15) is 39.6 Å². The molecular formula is C24H22ClNO5. The zero-order valence-corrected chi connectivity index (χ0v) is 17.6. The number of rotatable bonds is 8. The Balaban J connectivity index is 1.75. The van der Waals surface area contributed by atoms with Crippen LogP contribution < -0.4 is 10.1 Å². The molecule has 0 heterocycles. The van der Waals surface area contributed by atoms with Crippen LogP contribution in [0.4, 0.5) is 0 Å². The highest BCUT2D eigenvalue weighted by atomic mass is 35.5. The lowest BCUT2D eigenvalue weighted by Crippen LogP contribution is -2.23. The van der Waals surface area contributed by atoms with E-state index in [2.05, 4.69) is 5.32 Å². The van der Waals surface area contributed by atoms with Crippen molar-refractivity contribution >= 4 is 23.5 Å². The second-order valence-electron chi connectivity index (χ2n) is 6.90. The van der Waals surface area contributed by atoms with Gasteiger partial charge >= 0.3 is 5.97 Å². The van der Waals surface area contributed by atoms with Gasteiger partial charge in [-0.2, -0.15) is 0 Å². The third-order valence-electron chi connectivity index (χ3n) is 4.62. The maximum atomic E-state index is 12.6. The number of aromatic hydroxyl groups is 1. The summed E-state index contributed by atoms with van der Waals surface area (Å²) in [6, 6.07) is 16.3. The Labute approximate surface area is 185 Å². The molecule has 0 fully saturated rings. The quantitative estimate of drug-likeness (QED) is 0.452. The highest BCUT2D eigenvalue weighted by molar-refractivity contribution is 6.34. The molecule has 7 heteroatoms. The average Bonchev–Trinajstić information content (AvgIpc) is 2.77. The molecular weight excluding hydrogens is 418 g/mol. The van der Waals surface area contributed by atoms with Crippen molar-refractivity contribution in [3.05, 3.63) is 82.4 Å². The molecule has 0 saturated heterocycles. The van der Waals surface area contributed by atoms with Gasteiger partial charge in [-0.1, -0.05) is 36.7 Å². The standard InChI is InChI=1S/C24H22ClNO5/c1-2-10-31-19-7-8-20(21(25)13-19)23(28)26-14-18-12-16(6-9-22(18)27)15-4-3-5-17(11-15)24(29)30/h3-9,11-13,27H,2,10,14H2,1H3,(H,26,28)(H,29,30). The zero-order valence-electron chi connectivity index (χ0n) is 16.9. The summed E-state index contributed by atoms with van der Waals surface area (Å²) in [4.78, 5) is 23.8. The number of hydrogen-bond acceptors (Lipinski definition) is 4. The molecule has 0 aliphatic rings. The minimum absolute atomic E-state index is 0.0212. The first kappa shape index (κ1) is 22.2. The number of phenols is 1. The molecule has 0 atom stereocenters. The fourth-order valence-corrected chi connectivity index (χ4v) is 3.26. The molecule has 160 valence electrons. The Morgan fingerprint density at radius 2 is 1.81 bits per heavy atom. The average molecular weight is 440 g/mol. The molecule has 3 N–H and O–H groups in total. The number of carbonyl (C=O) groups is 2. The maximum absolute atomic E-state index is 12.6. The van der Waals surface area contributed by atoms with Crippen molar-refractivity contribution in [2.24, 2.45) is 0 Å². The van der Waals surface area contributed by atoms with Gasteiger partial charge in [0.15, 0.2) is 0 Å². The van der Waals surface area contributed by atoms with Crippen molar-refractivity contribution in [2.45, 2.75) is 19.9 Å². The molecule has 3 rings (SSSR count). The highest BCUT2D eigenvalue weighted by Crippen LogP contribution is 2.27. The van der Waals surface area contributed by atoms with Crippen molar-refractivity contribution in [1.29, 1.82) is 0 Å². The number of amides is 1. The van der Waals surface area contributed by atoms with E-state index in [9.17, 15) is 19.8 Å². The first-order valence-corrected chi connectivity index (χ1v) is 10.1. The number of carbonyl (C=O) groups excluding carboxylic acids is 1. The molecule has 3 aromatic rings. The Hall–Kier alpha value is -3.51. The molecule has 0 aliphatic heterocycles. The van der Waals surface area contributed by atoms with Gasteiger partial charge in [-0.15, -0.1) is 0 Å². The predicted molar refractivity (Wildman–Crippen MR) is 119 cm³/mol. The number of benzene rings is 3. The van der Waals surface area contributed by atoms with Gasteiger partial charge < -0.3 is 20.3 Å². The topological polar surface area (TPSA) is 95.9 Å². The lowest BCUT2D eigenvalue weighted by atomic mass is 10.0.